The molecule has 1 aromatic carbocycles. The number of hydrogen-bond acceptors (Lipinski definition) is 4. The van der Waals surface area contributed by atoms with Gasteiger partial charge in [0.15, 0.2) is 6.29 Å². The number of aryl methyl sites for hydroxylation is 1. The molecule has 0 atom stereocenters. The van der Waals surface area contributed by atoms with Crippen molar-refractivity contribution < 1.29 is 9.47 Å². The molecular formula is C16H21N3O2. The molecule has 2 aromatic rings. The summed E-state index contributed by atoms with van der Waals surface area (Å²) < 4.78 is 13.2. The number of para-hydroxylation sites is 2. The van der Waals surface area contributed by atoms with E-state index in [9.17, 15) is 0 Å². The van der Waals surface area contributed by atoms with Crippen molar-refractivity contribution in [2.24, 2.45) is 0 Å². The lowest BCUT2D eigenvalue weighted by Gasteiger charge is -2.17. The summed E-state index contributed by atoms with van der Waals surface area (Å²) in [6.07, 6.45) is 0.833. The Hall–Kier alpha value is -1.90. The zero-order chi connectivity index (χ0) is 15.1. The Balaban J connectivity index is 2.19. The predicted octanol–water partition coefficient (Wildman–Crippen LogP) is 2.89. The molecule has 0 unspecified atom stereocenters. The number of benzene rings is 1. The van der Waals surface area contributed by atoms with Crippen LogP contribution in [0.15, 0.2) is 24.3 Å². The first kappa shape index (κ1) is 15.5. The number of imidazole rings is 1. The molecule has 112 valence electrons. The topological polar surface area (TPSA) is 60.1 Å². The molecule has 0 spiro atoms. The van der Waals surface area contributed by atoms with Crippen LogP contribution in [0.1, 0.15) is 26.1 Å². The van der Waals surface area contributed by atoms with E-state index in [-0.39, 0.29) is 6.29 Å². The van der Waals surface area contributed by atoms with Crippen LogP contribution in [-0.2, 0) is 22.4 Å². The van der Waals surface area contributed by atoms with Gasteiger partial charge < -0.3 is 14.0 Å². The second-order valence-corrected chi connectivity index (χ2v) is 4.63. The molecule has 21 heavy (non-hydrogen) atoms. The molecule has 0 radical (unpaired) electrons. The maximum Gasteiger partial charge on any atom is 0.159 e. The highest BCUT2D eigenvalue weighted by molar-refractivity contribution is 5.75. The normalized spacial score (nSPS) is 11.1. The van der Waals surface area contributed by atoms with E-state index in [0.29, 0.717) is 19.6 Å². The fourth-order valence-corrected chi connectivity index (χ4v) is 2.40. The Morgan fingerprint density at radius 3 is 2.62 bits per heavy atom. The van der Waals surface area contributed by atoms with Crippen molar-refractivity contribution in [1.29, 1.82) is 5.26 Å². The number of nitriles is 1. The zero-order valence-electron chi connectivity index (χ0n) is 12.6. The zero-order valence-corrected chi connectivity index (χ0v) is 12.6. The maximum atomic E-state index is 8.96. The van der Waals surface area contributed by atoms with Gasteiger partial charge in [-0.25, -0.2) is 4.98 Å². The van der Waals surface area contributed by atoms with Crippen LogP contribution in [0.3, 0.4) is 0 Å². The number of rotatable bonds is 8. The van der Waals surface area contributed by atoms with Crippen molar-refractivity contribution in [3.05, 3.63) is 30.1 Å². The first-order valence-electron chi connectivity index (χ1n) is 7.34. The molecule has 5 nitrogen and oxygen atoms in total. The molecule has 0 fully saturated rings. The van der Waals surface area contributed by atoms with E-state index in [1.54, 1.807) is 0 Å². The Kier molecular flexibility index (Phi) is 5.73. The number of ether oxygens (including phenoxy) is 2. The fourth-order valence-electron chi connectivity index (χ4n) is 2.40. The minimum absolute atomic E-state index is 0.212. The van der Waals surface area contributed by atoms with Gasteiger partial charge in [-0.05, 0) is 26.0 Å². The largest absolute Gasteiger partial charge is 0.353 e. The molecule has 0 amide bonds. The molecule has 0 bridgehead atoms. The Morgan fingerprint density at radius 2 is 1.95 bits per heavy atom. The van der Waals surface area contributed by atoms with Gasteiger partial charge in [0.1, 0.15) is 5.82 Å². The van der Waals surface area contributed by atoms with E-state index in [1.165, 1.54) is 0 Å². The number of hydrogen-bond donors (Lipinski definition) is 0. The van der Waals surface area contributed by atoms with E-state index in [0.717, 1.165) is 29.8 Å². The van der Waals surface area contributed by atoms with Gasteiger partial charge in [-0.3, -0.25) is 0 Å². The minimum atomic E-state index is -0.212. The van der Waals surface area contributed by atoms with Crippen LogP contribution in [0.5, 0.6) is 0 Å². The van der Waals surface area contributed by atoms with Crippen molar-refractivity contribution >= 4 is 11.0 Å². The highest BCUT2D eigenvalue weighted by Gasteiger charge is 2.13. The first-order chi connectivity index (χ1) is 10.3. The van der Waals surface area contributed by atoms with Gasteiger partial charge >= 0.3 is 0 Å². The summed E-state index contributed by atoms with van der Waals surface area (Å²) in [6, 6.07) is 10.1. The second-order valence-electron chi connectivity index (χ2n) is 4.63. The lowest BCUT2D eigenvalue weighted by atomic mass is 10.3. The molecule has 0 aliphatic carbocycles. The minimum Gasteiger partial charge on any atom is -0.353 e. The van der Waals surface area contributed by atoms with E-state index in [4.69, 9.17) is 14.7 Å². The molecule has 1 heterocycles. The van der Waals surface area contributed by atoms with E-state index in [1.807, 2.05) is 38.1 Å². The molecule has 0 saturated carbocycles. The van der Waals surface area contributed by atoms with Gasteiger partial charge in [-0.2, -0.15) is 5.26 Å². The Labute approximate surface area is 125 Å². The summed E-state index contributed by atoms with van der Waals surface area (Å²) in [7, 11) is 0. The van der Waals surface area contributed by atoms with Crippen molar-refractivity contribution in [3.8, 4) is 6.07 Å². The average molecular weight is 287 g/mol. The van der Waals surface area contributed by atoms with Gasteiger partial charge in [0.25, 0.3) is 0 Å². The highest BCUT2D eigenvalue weighted by atomic mass is 16.7. The SMILES string of the molecule is CCOC(CCn1c(CC#N)nc2ccccc21)OCC. The summed E-state index contributed by atoms with van der Waals surface area (Å²) in [5.41, 5.74) is 1.97. The molecule has 0 N–H and O–H groups in total. The van der Waals surface area contributed by atoms with Crippen LogP contribution in [0.25, 0.3) is 11.0 Å². The van der Waals surface area contributed by atoms with Gasteiger partial charge in [0.05, 0.1) is 23.5 Å². The number of aromatic nitrogens is 2. The number of fused-ring (bicyclic) bond motifs is 1. The van der Waals surface area contributed by atoms with Crippen molar-refractivity contribution in [2.75, 3.05) is 13.2 Å². The van der Waals surface area contributed by atoms with Crippen LogP contribution in [0.2, 0.25) is 0 Å². The van der Waals surface area contributed by atoms with Crippen LogP contribution in [0.4, 0.5) is 0 Å². The summed E-state index contributed by atoms with van der Waals surface area (Å²) in [6.45, 7) is 5.89. The summed E-state index contributed by atoms with van der Waals surface area (Å²) in [5, 5.41) is 8.96. The molecule has 0 saturated heterocycles. The van der Waals surface area contributed by atoms with Crippen LogP contribution < -0.4 is 0 Å². The van der Waals surface area contributed by atoms with Crippen molar-refractivity contribution in [2.45, 2.75) is 39.5 Å². The molecule has 1 aromatic heterocycles. The number of nitrogens with zero attached hydrogens (tertiary/aromatic N) is 3. The lowest BCUT2D eigenvalue weighted by molar-refractivity contribution is -0.140. The molecular weight excluding hydrogens is 266 g/mol. The van der Waals surface area contributed by atoms with E-state index in [2.05, 4.69) is 15.6 Å². The summed E-state index contributed by atoms with van der Waals surface area (Å²) >= 11 is 0. The monoisotopic (exact) mass is 287 g/mol. The molecule has 0 aliphatic heterocycles. The van der Waals surface area contributed by atoms with Crippen molar-refractivity contribution in [3.63, 3.8) is 0 Å². The van der Waals surface area contributed by atoms with E-state index >= 15 is 0 Å². The van der Waals surface area contributed by atoms with Gasteiger partial charge in [-0.1, -0.05) is 12.1 Å². The smallest absolute Gasteiger partial charge is 0.159 e. The fraction of sp³-hybridized carbons (Fsp3) is 0.500. The summed E-state index contributed by atoms with van der Waals surface area (Å²) in [5.74, 6) is 0.797. The standard InChI is InChI=1S/C16H21N3O2/c1-3-20-16(21-4-2)10-12-19-14-8-6-5-7-13(14)18-15(19)9-11-17/h5-8,16H,3-4,9-10,12H2,1-2H3. The van der Waals surface area contributed by atoms with E-state index < -0.39 is 0 Å². The quantitative estimate of drug-likeness (QED) is 0.700. The summed E-state index contributed by atoms with van der Waals surface area (Å²) in [4.78, 5) is 4.53. The first-order valence-corrected chi connectivity index (χ1v) is 7.34. The third kappa shape index (κ3) is 3.81. The predicted molar refractivity (Wildman–Crippen MR) is 80.7 cm³/mol. The molecule has 0 aliphatic rings. The second kappa shape index (κ2) is 7.77. The molecule has 5 heteroatoms. The Morgan fingerprint density at radius 1 is 1.24 bits per heavy atom. The third-order valence-electron chi connectivity index (χ3n) is 3.26. The molecule has 2 rings (SSSR count). The Bertz CT molecular complexity index is 609. The van der Waals surface area contributed by atoms with Crippen LogP contribution in [-0.4, -0.2) is 29.1 Å². The average Bonchev–Trinajstić information content (AvgIpc) is 2.83. The lowest BCUT2D eigenvalue weighted by Crippen LogP contribution is -2.20. The van der Waals surface area contributed by atoms with Crippen molar-refractivity contribution in [1.82, 2.24) is 9.55 Å². The highest BCUT2D eigenvalue weighted by Crippen LogP contribution is 2.18. The van der Waals surface area contributed by atoms with Crippen LogP contribution in [0, 0.1) is 11.3 Å². The van der Waals surface area contributed by atoms with Gasteiger partial charge in [0, 0.05) is 26.2 Å². The van der Waals surface area contributed by atoms with Gasteiger partial charge in [-0.15, -0.1) is 0 Å². The maximum absolute atomic E-state index is 8.96. The third-order valence-corrected chi connectivity index (χ3v) is 3.26. The van der Waals surface area contributed by atoms with Gasteiger partial charge in [0.2, 0.25) is 0 Å². The van der Waals surface area contributed by atoms with Crippen LogP contribution >= 0.6 is 0 Å².